The van der Waals surface area contributed by atoms with Crippen molar-refractivity contribution in [3.63, 3.8) is 0 Å². The summed E-state index contributed by atoms with van der Waals surface area (Å²) in [4.78, 5) is 16.6. The lowest BCUT2D eigenvalue weighted by Crippen LogP contribution is -2.83. The quantitative estimate of drug-likeness (QED) is 0.669. The number of methoxy groups -OCH3 is 2. The number of carbonyl (C=O) groups excluding carboxylic acids is 1. The van der Waals surface area contributed by atoms with Crippen molar-refractivity contribution in [3.05, 3.63) is 47.8 Å². The van der Waals surface area contributed by atoms with Crippen LogP contribution in [0.2, 0.25) is 0 Å². The summed E-state index contributed by atoms with van der Waals surface area (Å²) >= 11 is 0. The summed E-state index contributed by atoms with van der Waals surface area (Å²) in [6.07, 6.45) is 3.26. The van der Waals surface area contributed by atoms with Gasteiger partial charge in [-0.3, -0.25) is 9.78 Å². The standard InChI is InChI=1S/C18H19N5O3/c1-25-13-6-5-12-14(15(13)26-2)21-18(23-9-8-20-16(12)23)22-17(24)11-4-3-7-19-10-11/h3-7,10,16,20H,8-9H2,1-2H3,(H,21,22,24)/p+2. The molecule has 4 rings (SSSR count). The number of amides is 1. The van der Waals surface area contributed by atoms with Crippen molar-refractivity contribution in [2.45, 2.75) is 6.17 Å². The van der Waals surface area contributed by atoms with E-state index in [1.54, 1.807) is 38.7 Å². The molecular formula is C18H21N5O3+2. The molecule has 1 unspecified atom stereocenters. The largest absolute Gasteiger partial charge is 0.493 e. The molecule has 0 spiro atoms. The molecule has 1 aromatic heterocycles. The maximum atomic E-state index is 12.6. The van der Waals surface area contributed by atoms with Crippen molar-refractivity contribution in [2.75, 3.05) is 32.6 Å². The van der Waals surface area contributed by atoms with Gasteiger partial charge in [0, 0.05) is 12.4 Å². The normalized spacial score (nSPS) is 17.8. The molecular weight excluding hydrogens is 334 g/mol. The highest BCUT2D eigenvalue weighted by Crippen LogP contribution is 2.41. The molecule has 8 nitrogen and oxygen atoms in total. The average Bonchev–Trinajstić information content (AvgIpc) is 3.18. The van der Waals surface area contributed by atoms with Gasteiger partial charge in [0.05, 0.1) is 25.3 Å². The number of anilines is 1. The van der Waals surface area contributed by atoms with Crippen LogP contribution in [0, 0.1) is 0 Å². The van der Waals surface area contributed by atoms with E-state index in [0.29, 0.717) is 23.0 Å². The van der Waals surface area contributed by atoms with Crippen LogP contribution in [0.15, 0.2) is 36.7 Å². The fourth-order valence-corrected chi connectivity index (χ4v) is 3.47. The number of quaternary nitrogens is 1. The molecule has 2 aliphatic rings. The van der Waals surface area contributed by atoms with E-state index in [1.807, 2.05) is 12.1 Å². The Hall–Kier alpha value is -3.13. The van der Waals surface area contributed by atoms with E-state index in [1.165, 1.54) is 0 Å². The molecule has 1 atom stereocenters. The average molecular weight is 355 g/mol. The lowest BCUT2D eigenvalue weighted by Gasteiger charge is -2.23. The van der Waals surface area contributed by atoms with Crippen molar-refractivity contribution in [3.8, 4) is 11.5 Å². The van der Waals surface area contributed by atoms with Gasteiger partial charge in [-0.05, 0) is 24.3 Å². The first kappa shape index (κ1) is 16.3. The summed E-state index contributed by atoms with van der Waals surface area (Å²) < 4.78 is 13.1. The van der Waals surface area contributed by atoms with Crippen molar-refractivity contribution in [2.24, 2.45) is 0 Å². The number of nitrogens with one attached hydrogen (secondary N) is 2. The first-order valence-electron chi connectivity index (χ1n) is 8.43. The number of rotatable bonds is 3. The van der Waals surface area contributed by atoms with E-state index in [9.17, 15) is 4.79 Å². The van der Waals surface area contributed by atoms with Crippen LogP contribution in [0.25, 0.3) is 0 Å². The predicted octanol–water partition coefficient (Wildman–Crippen LogP) is -0.102. The fourth-order valence-electron chi connectivity index (χ4n) is 3.47. The first-order chi connectivity index (χ1) is 12.7. The van der Waals surface area contributed by atoms with Gasteiger partial charge in [-0.15, -0.1) is 0 Å². The molecule has 1 aromatic carbocycles. The number of benzene rings is 1. The number of guanidine groups is 1. The minimum absolute atomic E-state index is 0.0789. The van der Waals surface area contributed by atoms with Gasteiger partial charge >= 0.3 is 11.9 Å². The molecule has 26 heavy (non-hydrogen) atoms. The molecule has 4 N–H and O–H groups in total. The summed E-state index contributed by atoms with van der Waals surface area (Å²) in [7, 11) is 3.22. The lowest BCUT2D eigenvalue weighted by atomic mass is 10.1. The van der Waals surface area contributed by atoms with E-state index >= 15 is 0 Å². The minimum atomic E-state index is -0.212. The molecule has 0 bridgehead atoms. The van der Waals surface area contributed by atoms with Crippen LogP contribution in [0.4, 0.5) is 5.69 Å². The number of nitrogens with zero attached hydrogens (tertiary/aromatic N) is 2. The van der Waals surface area contributed by atoms with Crippen LogP contribution in [0.3, 0.4) is 0 Å². The van der Waals surface area contributed by atoms with Gasteiger partial charge in [0.1, 0.15) is 13.1 Å². The Labute approximate surface area is 150 Å². The van der Waals surface area contributed by atoms with Crippen molar-refractivity contribution in [1.29, 1.82) is 0 Å². The predicted molar refractivity (Wildman–Crippen MR) is 94.5 cm³/mol. The molecule has 1 amide bonds. The number of nitrogens with two attached hydrogens (primary N) is 1. The minimum Gasteiger partial charge on any atom is -0.493 e. The highest BCUT2D eigenvalue weighted by atomic mass is 16.5. The van der Waals surface area contributed by atoms with Crippen molar-refractivity contribution < 1.29 is 24.2 Å². The Bertz CT molecular complexity index is 882. The van der Waals surface area contributed by atoms with E-state index in [-0.39, 0.29) is 12.1 Å². The zero-order valence-corrected chi connectivity index (χ0v) is 14.7. The SMILES string of the molecule is COc1ccc2c(c1OC)NC(NC(=O)c1cccnc1)=[N+]1CC[NH2+]C21. The molecule has 134 valence electrons. The van der Waals surface area contributed by atoms with Gasteiger partial charge in [0.15, 0.2) is 11.4 Å². The number of aromatic nitrogens is 1. The zero-order chi connectivity index (χ0) is 18.1. The fraction of sp³-hybridized carbons (Fsp3) is 0.278. The van der Waals surface area contributed by atoms with Crippen LogP contribution in [-0.4, -0.2) is 48.7 Å². The third-order valence-corrected chi connectivity index (χ3v) is 4.68. The van der Waals surface area contributed by atoms with Gasteiger partial charge in [-0.1, -0.05) is 0 Å². The summed E-state index contributed by atoms with van der Waals surface area (Å²) in [6.45, 7) is 1.76. The van der Waals surface area contributed by atoms with E-state index < -0.39 is 0 Å². The first-order valence-corrected chi connectivity index (χ1v) is 8.43. The second-order valence-corrected chi connectivity index (χ2v) is 6.10. The summed E-state index contributed by atoms with van der Waals surface area (Å²) in [5.74, 6) is 1.69. The molecule has 0 saturated carbocycles. The topological polar surface area (TPSA) is 92.1 Å². The number of hydrogen-bond donors (Lipinski definition) is 3. The Morgan fingerprint density at radius 1 is 1.35 bits per heavy atom. The second-order valence-electron chi connectivity index (χ2n) is 6.10. The lowest BCUT2D eigenvalue weighted by molar-refractivity contribution is -0.792. The Balaban J connectivity index is 1.72. The Morgan fingerprint density at radius 3 is 2.96 bits per heavy atom. The number of hydrogen-bond acceptors (Lipinski definition) is 5. The maximum absolute atomic E-state index is 12.6. The van der Waals surface area contributed by atoms with E-state index in [4.69, 9.17) is 9.47 Å². The number of ether oxygens (including phenoxy) is 2. The van der Waals surface area contributed by atoms with Crippen molar-refractivity contribution in [1.82, 2.24) is 10.3 Å². The summed E-state index contributed by atoms with van der Waals surface area (Å²) in [5, 5.41) is 8.54. The van der Waals surface area contributed by atoms with Gasteiger partial charge in [-0.2, -0.15) is 0 Å². The third kappa shape index (κ3) is 2.64. The molecule has 1 saturated heterocycles. The number of pyridine rings is 1. The van der Waals surface area contributed by atoms with Crippen LogP contribution >= 0.6 is 0 Å². The van der Waals surface area contributed by atoms with Gasteiger partial charge in [0.25, 0.3) is 0 Å². The highest BCUT2D eigenvalue weighted by Gasteiger charge is 2.41. The maximum Gasteiger partial charge on any atom is 0.363 e. The monoisotopic (exact) mass is 355 g/mol. The van der Waals surface area contributed by atoms with E-state index in [0.717, 1.165) is 24.3 Å². The smallest absolute Gasteiger partial charge is 0.363 e. The summed E-state index contributed by atoms with van der Waals surface area (Å²) in [6, 6.07) is 7.41. The number of fused-ring (bicyclic) bond motifs is 3. The molecule has 3 heterocycles. The Morgan fingerprint density at radius 2 is 2.23 bits per heavy atom. The van der Waals surface area contributed by atoms with Crippen LogP contribution in [0.5, 0.6) is 11.5 Å². The number of carbonyl (C=O) groups is 1. The molecule has 1 fully saturated rings. The molecule has 0 radical (unpaired) electrons. The van der Waals surface area contributed by atoms with Crippen LogP contribution in [-0.2, 0) is 0 Å². The van der Waals surface area contributed by atoms with Gasteiger partial charge < -0.3 is 14.8 Å². The molecule has 8 heteroatoms. The van der Waals surface area contributed by atoms with Crippen LogP contribution < -0.4 is 25.4 Å². The molecule has 0 aliphatic carbocycles. The zero-order valence-electron chi connectivity index (χ0n) is 14.7. The third-order valence-electron chi connectivity index (χ3n) is 4.68. The van der Waals surface area contributed by atoms with E-state index in [2.05, 4.69) is 25.5 Å². The summed E-state index contributed by atoms with van der Waals surface area (Å²) in [5.41, 5.74) is 2.41. The Kier molecular flexibility index (Phi) is 4.18. The van der Waals surface area contributed by atoms with Crippen LogP contribution in [0.1, 0.15) is 22.1 Å². The molecule has 2 aromatic rings. The second kappa shape index (κ2) is 6.64. The highest BCUT2D eigenvalue weighted by molar-refractivity contribution is 6.09. The van der Waals surface area contributed by atoms with Gasteiger partial charge in [-0.25, -0.2) is 15.2 Å². The van der Waals surface area contributed by atoms with Crippen molar-refractivity contribution >= 4 is 17.6 Å². The van der Waals surface area contributed by atoms with Gasteiger partial charge in [0.2, 0.25) is 11.9 Å². The molecule has 2 aliphatic heterocycles.